The number of furan rings is 1. The van der Waals surface area contributed by atoms with Crippen LogP contribution in [0.4, 0.5) is 0 Å². The van der Waals surface area contributed by atoms with E-state index in [0.29, 0.717) is 6.42 Å². The topological polar surface area (TPSA) is 60.1 Å². The fourth-order valence-corrected chi connectivity index (χ4v) is 3.79. The zero-order valence-electron chi connectivity index (χ0n) is 15.2. The quantitative estimate of drug-likeness (QED) is 0.779. The van der Waals surface area contributed by atoms with Crippen molar-refractivity contribution < 1.29 is 9.21 Å². The summed E-state index contributed by atoms with van der Waals surface area (Å²) in [4.78, 5) is 12.7. The van der Waals surface area contributed by atoms with Crippen molar-refractivity contribution in [3.8, 4) is 5.69 Å². The standard InChI is InChI=1S/C21H23N3O2/c1-14-18(15(2)24(23-14)16-7-4-3-5-8-16)13-21(25)22-19-9-6-10-20-17(19)11-12-26-20/h3-5,7-8,11-12,19H,6,9-10,13H2,1-2H3,(H,22,25)/t19-/m0/s1. The summed E-state index contributed by atoms with van der Waals surface area (Å²) >= 11 is 0. The predicted octanol–water partition coefficient (Wildman–Crippen LogP) is 3.82. The van der Waals surface area contributed by atoms with E-state index in [1.165, 1.54) is 0 Å². The molecule has 1 aliphatic rings. The lowest BCUT2D eigenvalue weighted by molar-refractivity contribution is -0.121. The van der Waals surface area contributed by atoms with Crippen LogP contribution >= 0.6 is 0 Å². The van der Waals surface area contributed by atoms with Gasteiger partial charge in [-0.2, -0.15) is 5.10 Å². The van der Waals surface area contributed by atoms with Crippen LogP contribution < -0.4 is 5.32 Å². The third-order valence-corrected chi connectivity index (χ3v) is 5.17. The van der Waals surface area contributed by atoms with Gasteiger partial charge in [-0.15, -0.1) is 0 Å². The van der Waals surface area contributed by atoms with Crippen molar-refractivity contribution in [2.45, 2.75) is 45.6 Å². The Bertz CT molecular complexity index is 924. The lowest BCUT2D eigenvalue weighted by Crippen LogP contribution is -2.31. The predicted molar refractivity (Wildman–Crippen MR) is 99.3 cm³/mol. The molecule has 26 heavy (non-hydrogen) atoms. The van der Waals surface area contributed by atoms with Crippen LogP contribution in [0.25, 0.3) is 5.69 Å². The van der Waals surface area contributed by atoms with Gasteiger partial charge in [-0.1, -0.05) is 18.2 Å². The Morgan fingerprint density at radius 3 is 2.88 bits per heavy atom. The molecule has 3 aromatic rings. The lowest BCUT2D eigenvalue weighted by Gasteiger charge is -2.22. The maximum atomic E-state index is 12.7. The van der Waals surface area contributed by atoms with Crippen LogP contribution in [0, 0.1) is 13.8 Å². The van der Waals surface area contributed by atoms with Gasteiger partial charge in [0.15, 0.2) is 0 Å². The molecule has 2 aromatic heterocycles. The van der Waals surface area contributed by atoms with E-state index in [0.717, 1.165) is 53.2 Å². The van der Waals surface area contributed by atoms with Crippen molar-refractivity contribution in [1.29, 1.82) is 0 Å². The SMILES string of the molecule is Cc1nn(-c2ccccc2)c(C)c1CC(=O)N[C@H]1CCCc2occc21. The fourth-order valence-electron chi connectivity index (χ4n) is 3.79. The molecule has 4 rings (SSSR count). The first-order chi connectivity index (χ1) is 12.6. The van der Waals surface area contributed by atoms with E-state index in [1.807, 2.05) is 54.9 Å². The van der Waals surface area contributed by atoms with Gasteiger partial charge in [0.1, 0.15) is 5.76 Å². The number of amides is 1. The second-order valence-corrected chi connectivity index (χ2v) is 6.88. The first kappa shape index (κ1) is 16.6. The number of hydrogen-bond donors (Lipinski definition) is 1. The maximum absolute atomic E-state index is 12.7. The molecule has 0 saturated carbocycles. The molecule has 5 heteroatoms. The number of carbonyl (C=O) groups is 1. The van der Waals surface area contributed by atoms with Crippen molar-refractivity contribution in [2.24, 2.45) is 0 Å². The summed E-state index contributed by atoms with van der Waals surface area (Å²) in [5, 5.41) is 7.81. The van der Waals surface area contributed by atoms with Gasteiger partial charge in [-0.05, 0) is 44.9 Å². The normalized spacial score (nSPS) is 16.3. The van der Waals surface area contributed by atoms with Crippen LogP contribution in [-0.4, -0.2) is 15.7 Å². The van der Waals surface area contributed by atoms with Crippen LogP contribution in [0.3, 0.4) is 0 Å². The summed E-state index contributed by atoms with van der Waals surface area (Å²) in [6.07, 6.45) is 5.01. The summed E-state index contributed by atoms with van der Waals surface area (Å²) in [5.74, 6) is 1.04. The number of hydrogen-bond acceptors (Lipinski definition) is 3. The number of para-hydroxylation sites is 1. The van der Waals surface area contributed by atoms with E-state index in [-0.39, 0.29) is 11.9 Å². The number of rotatable bonds is 4. The van der Waals surface area contributed by atoms with Gasteiger partial charge in [0.25, 0.3) is 0 Å². The molecule has 0 aliphatic heterocycles. The van der Waals surface area contributed by atoms with Crippen molar-refractivity contribution in [2.75, 3.05) is 0 Å². The monoisotopic (exact) mass is 349 g/mol. The number of nitrogens with zero attached hydrogens (tertiary/aromatic N) is 2. The Labute approximate surface area is 153 Å². The van der Waals surface area contributed by atoms with Gasteiger partial charge in [0.05, 0.1) is 30.1 Å². The molecule has 0 unspecified atom stereocenters. The smallest absolute Gasteiger partial charge is 0.225 e. The van der Waals surface area contributed by atoms with Gasteiger partial charge < -0.3 is 9.73 Å². The van der Waals surface area contributed by atoms with Crippen molar-refractivity contribution in [1.82, 2.24) is 15.1 Å². The van der Waals surface area contributed by atoms with Crippen LogP contribution in [-0.2, 0) is 17.6 Å². The summed E-state index contributed by atoms with van der Waals surface area (Å²) in [6.45, 7) is 3.98. The van der Waals surface area contributed by atoms with E-state index >= 15 is 0 Å². The molecule has 0 saturated heterocycles. The second-order valence-electron chi connectivity index (χ2n) is 6.88. The number of aryl methyl sites for hydroxylation is 2. The fraction of sp³-hybridized carbons (Fsp3) is 0.333. The van der Waals surface area contributed by atoms with Gasteiger partial charge in [-0.3, -0.25) is 4.79 Å². The van der Waals surface area contributed by atoms with Crippen LogP contribution in [0.15, 0.2) is 47.1 Å². The number of carbonyl (C=O) groups excluding carboxylic acids is 1. The summed E-state index contributed by atoms with van der Waals surface area (Å²) < 4.78 is 7.42. The number of aromatic nitrogens is 2. The molecule has 5 nitrogen and oxygen atoms in total. The molecule has 2 heterocycles. The third kappa shape index (κ3) is 3.05. The number of benzene rings is 1. The summed E-state index contributed by atoms with van der Waals surface area (Å²) in [6, 6.07) is 12.0. The minimum Gasteiger partial charge on any atom is -0.469 e. The Balaban J connectivity index is 1.52. The first-order valence-electron chi connectivity index (χ1n) is 9.09. The highest BCUT2D eigenvalue weighted by atomic mass is 16.3. The molecule has 1 amide bonds. The van der Waals surface area contributed by atoms with E-state index in [1.54, 1.807) is 6.26 Å². The van der Waals surface area contributed by atoms with Crippen molar-refractivity contribution in [3.05, 3.63) is 70.9 Å². The maximum Gasteiger partial charge on any atom is 0.225 e. The zero-order chi connectivity index (χ0) is 18.1. The van der Waals surface area contributed by atoms with Gasteiger partial charge >= 0.3 is 0 Å². The molecular formula is C21H23N3O2. The Morgan fingerprint density at radius 1 is 1.27 bits per heavy atom. The van der Waals surface area contributed by atoms with Gasteiger partial charge in [0, 0.05) is 23.2 Å². The van der Waals surface area contributed by atoms with Gasteiger partial charge in [0.2, 0.25) is 5.91 Å². The Hall–Kier alpha value is -2.82. The highest BCUT2D eigenvalue weighted by molar-refractivity contribution is 5.79. The largest absolute Gasteiger partial charge is 0.469 e. The molecule has 1 atom stereocenters. The molecule has 134 valence electrons. The third-order valence-electron chi connectivity index (χ3n) is 5.17. The molecule has 0 spiro atoms. The van der Waals surface area contributed by atoms with Crippen molar-refractivity contribution >= 4 is 5.91 Å². The summed E-state index contributed by atoms with van der Waals surface area (Å²) in [7, 11) is 0. The summed E-state index contributed by atoms with van der Waals surface area (Å²) in [5.41, 5.74) is 5.04. The van der Waals surface area contributed by atoms with Crippen LogP contribution in [0.1, 0.15) is 47.2 Å². The van der Waals surface area contributed by atoms with Crippen LogP contribution in [0.5, 0.6) is 0 Å². The Morgan fingerprint density at radius 2 is 2.08 bits per heavy atom. The molecule has 1 aliphatic carbocycles. The Kier molecular flexibility index (Phi) is 4.37. The first-order valence-corrected chi connectivity index (χ1v) is 9.09. The number of nitrogens with one attached hydrogen (secondary N) is 1. The van der Waals surface area contributed by atoms with E-state index in [4.69, 9.17) is 4.42 Å². The van der Waals surface area contributed by atoms with E-state index in [9.17, 15) is 4.79 Å². The second kappa shape index (κ2) is 6.83. The molecule has 0 bridgehead atoms. The highest BCUT2D eigenvalue weighted by Crippen LogP contribution is 2.30. The highest BCUT2D eigenvalue weighted by Gasteiger charge is 2.25. The van der Waals surface area contributed by atoms with E-state index in [2.05, 4.69) is 10.4 Å². The number of fused-ring (bicyclic) bond motifs is 1. The molecular weight excluding hydrogens is 326 g/mol. The minimum atomic E-state index is 0.0304. The molecule has 0 fully saturated rings. The minimum absolute atomic E-state index is 0.0304. The zero-order valence-corrected chi connectivity index (χ0v) is 15.2. The average molecular weight is 349 g/mol. The van der Waals surface area contributed by atoms with Crippen LogP contribution in [0.2, 0.25) is 0 Å². The average Bonchev–Trinajstić information content (AvgIpc) is 3.23. The molecule has 1 N–H and O–H groups in total. The van der Waals surface area contributed by atoms with E-state index < -0.39 is 0 Å². The van der Waals surface area contributed by atoms with Crippen molar-refractivity contribution in [3.63, 3.8) is 0 Å². The van der Waals surface area contributed by atoms with Gasteiger partial charge in [-0.25, -0.2) is 4.68 Å². The molecule has 0 radical (unpaired) electrons. The lowest BCUT2D eigenvalue weighted by atomic mass is 9.93. The molecule has 1 aromatic carbocycles.